The molecule has 1 N–H and O–H groups in total. The highest BCUT2D eigenvalue weighted by atomic mass is 35.5. The van der Waals surface area contributed by atoms with Crippen LogP contribution in [0.5, 0.6) is 0 Å². The number of hydrogen-bond acceptors (Lipinski definition) is 7. The lowest BCUT2D eigenvalue weighted by atomic mass is 10.1. The largest absolute Gasteiger partial charge is 0.326 e. The summed E-state index contributed by atoms with van der Waals surface area (Å²) in [5.74, 6) is 0.165. The minimum atomic E-state index is -0.629. The molecule has 2 unspecified atom stereocenters. The van der Waals surface area contributed by atoms with E-state index in [0.717, 1.165) is 22.5 Å². The molecule has 2 amide bonds. The molecule has 4 aromatic rings. The van der Waals surface area contributed by atoms with E-state index < -0.39 is 5.25 Å². The molecule has 1 aliphatic heterocycles. The first kappa shape index (κ1) is 28.8. The fraction of sp³-hybridized carbons (Fsp3) is 0.241. The van der Waals surface area contributed by atoms with Crippen LogP contribution in [0.4, 0.5) is 5.69 Å². The number of thioether (sulfide) groups is 1. The molecule has 12 heteroatoms. The van der Waals surface area contributed by atoms with Gasteiger partial charge in [0.25, 0.3) is 0 Å². The van der Waals surface area contributed by atoms with Crippen molar-refractivity contribution in [3.05, 3.63) is 99.8 Å². The standard InChI is InChI=1S/C29H27Cl2N7O2S/c1-18-8-6-7-11-24(18)33-27(39)17-25-28(40)37(15-14-26-34-35-36-38(26)21-9-4-3-5-10-21)29(41-25)32-19(2)22-13-12-20(30)16-23(22)31/h3-13,16,19,25H,14-15,17H2,1-2H3,(H,33,39). The van der Waals surface area contributed by atoms with Crippen molar-refractivity contribution in [2.24, 2.45) is 4.99 Å². The molecule has 0 saturated carbocycles. The summed E-state index contributed by atoms with van der Waals surface area (Å²) in [6.45, 7) is 4.11. The third-order valence-corrected chi connectivity index (χ3v) is 8.37. The van der Waals surface area contributed by atoms with E-state index in [-0.39, 0.29) is 30.8 Å². The molecular formula is C29H27Cl2N7O2S. The van der Waals surface area contributed by atoms with Crippen molar-refractivity contribution in [2.45, 2.75) is 38.0 Å². The minimum Gasteiger partial charge on any atom is -0.326 e. The fourth-order valence-corrected chi connectivity index (χ4v) is 6.26. The highest BCUT2D eigenvalue weighted by molar-refractivity contribution is 8.15. The topological polar surface area (TPSA) is 105 Å². The molecule has 1 aliphatic rings. The second kappa shape index (κ2) is 12.8. The van der Waals surface area contributed by atoms with Crippen LogP contribution in [0.3, 0.4) is 0 Å². The van der Waals surface area contributed by atoms with Crippen LogP contribution in [-0.2, 0) is 16.0 Å². The molecule has 5 rings (SSSR count). The van der Waals surface area contributed by atoms with Gasteiger partial charge in [0.15, 0.2) is 11.0 Å². The first-order valence-electron chi connectivity index (χ1n) is 13.0. The second-order valence-corrected chi connectivity index (χ2v) is 11.5. The van der Waals surface area contributed by atoms with Gasteiger partial charge in [-0.1, -0.05) is 77.4 Å². The lowest BCUT2D eigenvalue weighted by Crippen LogP contribution is -2.35. The number of carbonyl (C=O) groups excluding carboxylic acids is 2. The van der Waals surface area contributed by atoms with E-state index in [1.807, 2.05) is 74.5 Å². The Hall–Kier alpha value is -3.73. The predicted molar refractivity (Wildman–Crippen MR) is 163 cm³/mol. The molecular weight excluding hydrogens is 581 g/mol. The molecule has 9 nitrogen and oxygen atoms in total. The van der Waals surface area contributed by atoms with Crippen LogP contribution >= 0.6 is 35.0 Å². The van der Waals surface area contributed by atoms with Gasteiger partial charge in [-0.25, -0.2) is 0 Å². The van der Waals surface area contributed by atoms with Gasteiger partial charge in [0.05, 0.1) is 11.7 Å². The molecule has 1 fully saturated rings. The van der Waals surface area contributed by atoms with Crippen LogP contribution in [0.2, 0.25) is 10.0 Å². The maximum absolute atomic E-state index is 13.7. The Kier molecular flexibility index (Phi) is 9.02. The summed E-state index contributed by atoms with van der Waals surface area (Å²) in [4.78, 5) is 33.1. The SMILES string of the molecule is Cc1ccccc1NC(=O)CC1SC(=NC(C)c2ccc(Cl)cc2Cl)N(CCc2nnnn2-c2ccccc2)C1=O. The number of aromatic nitrogens is 4. The summed E-state index contributed by atoms with van der Waals surface area (Å²) in [5, 5.41) is 16.0. The Bertz CT molecular complexity index is 1600. The number of aryl methyl sites for hydroxylation is 1. The normalized spacial score (nSPS) is 16.8. The maximum Gasteiger partial charge on any atom is 0.242 e. The van der Waals surface area contributed by atoms with Gasteiger partial charge < -0.3 is 5.32 Å². The lowest BCUT2D eigenvalue weighted by Gasteiger charge is -2.18. The summed E-state index contributed by atoms with van der Waals surface area (Å²) in [7, 11) is 0. The Morgan fingerprint density at radius 3 is 2.61 bits per heavy atom. The number of carbonyl (C=O) groups is 2. The lowest BCUT2D eigenvalue weighted by molar-refractivity contribution is -0.128. The molecule has 3 aromatic carbocycles. The molecule has 0 aliphatic carbocycles. The third-order valence-electron chi connectivity index (χ3n) is 6.62. The number of hydrogen-bond donors (Lipinski definition) is 1. The molecule has 2 atom stereocenters. The number of amides is 2. The van der Waals surface area contributed by atoms with E-state index in [0.29, 0.717) is 27.5 Å². The van der Waals surface area contributed by atoms with Crippen molar-refractivity contribution in [3.8, 4) is 5.69 Å². The van der Waals surface area contributed by atoms with Gasteiger partial charge in [0, 0.05) is 35.1 Å². The number of nitrogens with one attached hydrogen (secondary N) is 1. The van der Waals surface area contributed by atoms with Crippen LogP contribution in [0, 0.1) is 6.92 Å². The first-order chi connectivity index (χ1) is 19.8. The van der Waals surface area contributed by atoms with Gasteiger partial charge >= 0.3 is 0 Å². The maximum atomic E-state index is 13.7. The van der Waals surface area contributed by atoms with E-state index in [2.05, 4.69) is 20.8 Å². The summed E-state index contributed by atoms with van der Waals surface area (Å²) in [5.41, 5.74) is 3.27. The highest BCUT2D eigenvalue weighted by Crippen LogP contribution is 2.34. The van der Waals surface area contributed by atoms with Crippen LogP contribution in [-0.4, -0.2) is 53.9 Å². The zero-order valence-corrected chi connectivity index (χ0v) is 24.7. The van der Waals surface area contributed by atoms with Crippen LogP contribution in [0.15, 0.2) is 77.8 Å². The van der Waals surface area contributed by atoms with Crippen molar-refractivity contribution in [2.75, 3.05) is 11.9 Å². The quantitative estimate of drug-likeness (QED) is 0.253. The average Bonchev–Trinajstić information content (AvgIpc) is 3.53. The smallest absolute Gasteiger partial charge is 0.242 e. The molecule has 41 heavy (non-hydrogen) atoms. The monoisotopic (exact) mass is 607 g/mol. The van der Waals surface area contributed by atoms with Crippen molar-refractivity contribution >= 4 is 57.6 Å². The molecule has 210 valence electrons. The van der Waals surface area contributed by atoms with Gasteiger partial charge in [0.1, 0.15) is 5.25 Å². The highest BCUT2D eigenvalue weighted by Gasteiger charge is 2.39. The van der Waals surface area contributed by atoms with Gasteiger partial charge in [-0.15, -0.1) is 5.10 Å². The molecule has 2 heterocycles. The van der Waals surface area contributed by atoms with Gasteiger partial charge in [0.2, 0.25) is 11.8 Å². The first-order valence-corrected chi connectivity index (χ1v) is 14.6. The number of halogens is 2. The Labute approximate surface area is 251 Å². The van der Waals surface area contributed by atoms with Crippen molar-refractivity contribution in [3.63, 3.8) is 0 Å². The van der Waals surface area contributed by atoms with Gasteiger partial charge in [-0.2, -0.15) is 4.68 Å². The summed E-state index contributed by atoms with van der Waals surface area (Å²) >= 11 is 13.8. The zero-order valence-electron chi connectivity index (χ0n) is 22.4. The Balaban J connectivity index is 1.37. The third kappa shape index (κ3) is 6.78. The van der Waals surface area contributed by atoms with E-state index in [9.17, 15) is 9.59 Å². The van der Waals surface area contributed by atoms with E-state index >= 15 is 0 Å². The number of amidine groups is 1. The molecule has 0 radical (unpaired) electrons. The second-order valence-electron chi connectivity index (χ2n) is 9.51. The fourth-order valence-electron chi connectivity index (χ4n) is 4.45. The van der Waals surface area contributed by atoms with E-state index in [1.54, 1.807) is 21.7 Å². The van der Waals surface area contributed by atoms with Crippen LogP contribution < -0.4 is 5.32 Å². The summed E-state index contributed by atoms with van der Waals surface area (Å²) in [6.07, 6.45) is 0.386. The Morgan fingerprint density at radius 1 is 1.10 bits per heavy atom. The molecule has 1 aromatic heterocycles. The van der Waals surface area contributed by atoms with Crippen LogP contribution in [0.1, 0.15) is 36.3 Å². The number of para-hydroxylation sites is 2. The van der Waals surface area contributed by atoms with Crippen molar-refractivity contribution in [1.29, 1.82) is 0 Å². The minimum absolute atomic E-state index is 0.00515. The number of rotatable bonds is 9. The number of benzene rings is 3. The van der Waals surface area contributed by atoms with E-state index in [1.165, 1.54) is 11.8 Å². The molecule has 1 saturated heterocycles. The number of tetrazole rings is 1. The van der Waals surface area contributed by atoms with Gasteiger partial charge in [-0.05, 0) is 65.7 Å². The number of anilines is 1. The molecule has 0 spiro atoms. The zero-order chi connectivity index (χ0) is 28.9. The van der Waals surface area contributed by atoms with E-state index in [4.69, 9.17) is 28.2 Å². The Morgan fingerprint density at radius 2 is 1.85 bits per heavy atom. The number of aliphatic imine (C=N–C) groups is 1. The summed E-state index contributed by atoms with van der Waals surface area (Å²) < 4.78 is 1.65. The van der Waals surface area contributed by atoms with Gasteiger partial charge in [-0.3, -0.25) is 19.5 Å². The number of nitrogens with zero attached hydrogens (tertiary/aromatic N) is 6. The molecule has 0 bridgehead atoms. The van der Waals surface area contributed by atoms with Crippen LogP contribution in [0.25, 0.3) is 5.69 Å². The van der Waals surface area contributed by atoms with Crippen molar-refractivity contribution in [1.82, 2.24) is 25.1 Å². The van der Waals surface area contributed by atoms with Crippen molar-refractivity contribution < 1.29 is 9.59 Å². The average molecular weight is 609 g/mol. The predicted octanol–water partition coefficient (Wildman–Crippen LogP) is 5.91. The summed E-state index contributed by atoms with van der Waals surface area (Å²) in [6, 6.07) is 22.0.